The van der Waals surface area contributed by atoms with Gasteiger partial charge in [-0.2, -0.15) is 0 Å². The highest BCUT2D eigenvalue weighted by atomic mass is 79.9. The third-order valence-electron chi connectivity index (χ3n) is 3.45. The van der Waals surface area contributed by atoms with Crippen LogP contribution in [0.25, 0.3) is 0 Å². The van der Waals surface area contributed by atoms with E-state index in [9.17, 15) is 8.78 Å². The van der Waals surface area contributed by atoms with Gasteiger partial charge in [-0.15, -0.1) is 0 Å². The molecule has 0 spiro atoms. The highest BCUT2D eigenvalue weighted by Gasteiger charge is 2.13. The van der Waals surface area contributed by atoms with Crippen molar-refractivity contribution < 1.29 is 8.78 Å². The first-order chi connectivity index (χ1) is 10.1. The second-order valence-corrected chi connectivity index (χ2v) is 5.92. The molecule has 1 nitrogen and oxygen atoms in total. The largest absolute Gasteiger partial charge is 0.316 e. The van der Waals surface area contributed by atoms with E-state index < -0.39 is 11.6 Å². The number of hydrogen-bond donors (Lipinski definition) is 1. The van der Waals surface area contributed by atoms with Gasteiger partial charge in [0.05, 0.1) is 0 Å². The number of nitrogens with one attached hydrogen (secondary N) is 1. The van der Waals surface area contributed by atoms with Crippen molar-refractivity contribution >= 4 is 15.9 Å². The minimum Gasteiger partial charge on any atom is -0.316 e. The molecule has 1 N–H and O–H groups in total. The zero-order valence-electron chi connectivity index (χ0n) is 11.9. The Morgan fingerprint density at radius 2 is 1.76 bits per heavy atom. The van der Waals surface area contributed by atoms with Crippen molar-refractivity contribution in [2.45, 2.75) is 19.3 Å². The highest BCUT2D eigenvalue weighted by molar-refractivity contribution is 9.10. The summed E-state index contributed by atoms with van der Waals surface area (Å²) in [7, 11) is 0. The predicted octanol–water partition coefficient (Wildman–Crippen LogP) is 4.66. The summed E-state index contributed by atoms with van der Waals surface area (Å²) in [5, 5.41) is 3.33. The maximum absolute atomic E-state index is 13.3. The van der Waals surface area contributed by atoms with Crippen LogP contribution in [0.15, 0.2) is 46.9 Å². The van der Waals surface area contributed by atoms with Gasteiger partial charge in [0, 0.05) is 16.9 Å². The van der Waals surface area contributed by atoms with Crippen molar-refractivity contribution in [1.82, 2.24) is 5.32 Å². The fourth-order valence-electron chi connectivity index (χ4n) is 2.31. The molecular formula is C17H18BrF2N. The molecule has 0 aliphatic heterocycles. The van der Waals surface area contributed by atoms with Gasteiger partial charge in [0.15, 0.2) is 11.6 Å². The normalized spacial score (nSPS) is 12.4. The van der Waals surface area contributed by atoms with Gasteiger partial charge in [0.2, 0.25) is 0 Å². The smallest absolute Gasteiger partial charge is 0.159 e. The topological polar surface area (TPSA) is 12.0 Å². The molecular weight excluding hydrogens is 336 g/mol. The molecule has 1 unspecified atom stereocenters. The third-order valence-corrected chi connectivity index (χ3v) is 3.98. The van der Waals surface area contributed by atoms with E-state index in [0.717, 1.165) is 23.1 Å². The number of likely N-dealkylation sites (N-methyl/N-ethyl adjacent to an activating group) is 1. The fourth-order valence-corrected chi connectivity index (χ4v) is 2.58. The van der Waals surface area contributed by atoms with Crippen molar-refractivity contribution in [3.05, 3.63) is 69.7 Å². The quantitative estimate of drug-likeness (QED) is 0.795. The predicted molar refractivity (Wildman–Crippen MR) is 85.5 cm³/mol. The summed E-state index contributed by atoms with van der Waals surface area (Å²) in [4.78, 5) is 0. The van der Waals surface area contributed by atoms with Crippen LogP contribution in [0.4, 0.5) is 8.78 Å². The molecule has 0 aliphatic carbocycles. The van der Waals surface area contributed by atoms with Crippen LogP contribution in [0.5, 0.6) is 0 Å². The van der Waals surface area contributed by atoms with E-state index in [0.29, 0.717) is 6.42 Å². The summed E-state index contributed by atoms with van der Waals surface area (Å²) in [6, 6.07) is 12.2. The van der Waals surface area contributed by atoms with Crippen molar-refractivity contribution in [2.24, 2.45) is 0 Å². The lowest BCUT2D eigenvalue weighted by atomic mass is 9.92. The Morgan fingerprint density at radius 1 is 1.05 bits per heavy atom. The van der Waals surface area contributed by atoms with Gasteiger partial charge in [-0.05, 0) is 48.4 Å². The Morgan fingerprint density at radius 3 is 2.38 bits per heavy atom. The molecule has 0 saturated carbocycles. The zero-order chi connectivity index (χ0) is 15.2. The Balaban J connectivity index is 2.19. The lowest BCUT2D eigenvalue weighted by Crippen LogP contribution is -2.22. The first-order valence-electron chi connectivity index (χ1n) is 7.00. The molecule has 2 aromatic carbocycles. The molecule has 2 aromatic rings. The van der Waals surface area contributed by atoms with E-state index >= 15 is 0 Å². The Bertz CT molecular complexity index is 584. The second-order valence-electron chi connectivity index (χ2n) is 5.01. The van der Waals surface area contributed by atoms with Crippen molar-refractivity contribution in [2.75, 3.05) is 13.1 Å². The summed E-state index contributed by atoms with van der Waals surface area (Å²) in [5.41, 5.74) is 1.99. The molecule has 112 valence electrons. The maximum atomic E-state index is 13.3. The first-order valence-corrected chi connectivity index (χ1v) is 7.79. The molecule has 0 fully saturated rings. The van der Waals surface area contributed by atoms with Crippen LogP contribution in [-0.4, -0.2) is 13.1 Å². The number of hydrogen-bond acceptors (Lipinski definition) is 1. The Labute approximate surface area is 132 Å². The van der Waals surface area contributed by atoms with Gasteiger partial charge < -0.3 is 5.32 Å². The lowest BCUT2D eigenvalue weighted by molar-refractivity contribution is 0.505. The van der Waals surface area contributed by atoms with Gasteiger partial charge in [0.25, 0.3) is 0 Å². The number of benzene rings is 2. The molecule has 0 heterocycles. The lowest BCUT2D eigenvalue weighted by Gasteiger charge is -2.18. The van der Waals surface area contributed by atoms with Crippen LogP contribution in [0, 0.1) is 11.6 Å². The van der Waals surface area contributed by atoms with E-state index in [-0.39, 0.29) is 5.92 Å². The van der Waals surface area contributed by atoms with Crippen LogP contribution < -0.4 is 5.32 Å². The van der Waals surface area contributed by atoms with E-state index in [1.54, 1.807) is 6.07 Å². The van der Waals surface area contributed by atoms with Crippen LogP contribution in [0.1, 0.15) is 24.0 Å². The minimum atomic E-state index is -0.800. The molecule has 1 atom stereocenters. The Kier molecular flexibility index (Phi) is 5.88. The minimum absolute atomic E-state index is 0.225. The van der Waals surface area contributed by atoms with Crippen molar-refractivity contribution in [3.63, 3.8) is 0 Å². The van der Waals surface area contributed by atoms with Crippen LogP contribution in [0.3, 0.4) is 0 Å². The fraction of sp³-hybridized carbons (Fsp3) is 0.294. The molecule has 0 radical (unpaired) electrons. The highest BCUT2D eigenvalue weighted by Crippen LogP contribution is 2.23. The SMILES string of the molecule is CCNCC(Cc1ccc(F)c(F)c1)c1ccc(Br)cc1. The summed E-state index contributed by atoms with van der Waals surface area (Å²) in [6.45, 7) is 3.73. The molecule has 21 heavy (non-hydrogen) atoms. The molecule has 0 saturated heterocycles. The van der Waals surface area contributed by atoms with E-state index in [1.165, 1.54) is 17.7 Å². The number of rotatable bonds is 6. The average Bonchev–Trinajstić information content (AvgIpc) is 2.48. The van der Waals surface area contributed by atoms with E-state index in [2.05, 4.69) is 40.3 Å². The third kappa shape index (κ3) is 4.61. The average molecular weight is 354 g/mol. The molecule has 0 bridgehead atoms. The number of halogens is 3. The van der Waals surface area contributed by atoms with Crippen molar-refractivity contribution in [1.29, 1.82) is 0 Å². The summed E-state index contributed by atoms with van der Waals surface area (Å²) < 4.78 is 27.4. The summed E-state index contributed by atoms with van der Waals surface area (Å²) in [6.07, 6.45) is 0.672. The monoisotopic (exact) mass is 353 g/mol. The van der Waals surface area contributed by atoms with Gasteiger partial charge in [-0.25, -0.2) is 8.78 Å². The van der Waals surface area contributed by atoms with Crippen LogP contribution in [-0.2, 0) is 6.42 Å². The molecule has 0 amide bonds. The molecule has 4 heteroatoms. The van der Waals surface area contributed by atoms with Crippen molar-refractivity contribution in [3.8, 4) is 0 Å². The first kappa shape index (κ1) is 16.1. The van der Waals surface area contributed by atoms with Gasteiger partial charge >= 0.3 is 0 Å². The zero-order valence-corrected chi connectivity index (χ0v) is 13.5. The molecule has 0 aromatic heterocycles. The second kappa shape index (κ2) is 7.66. The van der Waals surface area contributed by atoms with E-state index in [4.69, 9.17) is 0 Å². The standard InChI is InChI=1S/C17H18BrF2N/c1-2-21-11-14(13-4-6-15(18)7-5-13)9-12-3-8-16(19)17(20)10-12/h3-8,10,14,21H,2,9,11H2,1H3. The van der Waals surface area contributed by atoms with Gasteiger partial charge in [-0.1, -0.05) is 41.1 Å². The van der Waals surface area contributed by atoms with Gasteiger partial charge in [-0.3, -0.25) is 0 Å². The maximum Gasteiger partial charge on any atom is 0.159 e. The Hall–Kier alpha value is -1.26. The van der Waals surface area contributed by atoms with Crippen LogP contribution in [0.2, 0.25) is 0 Å². The molecule has 0 aliphatic rings. The van der Waals surface area contributed by atoms with E-state index in [1.807, 2.05) is 12.1 Å². The molecule has 2 rings (SSSR count). The summed E-state index contributed by atoms with van der Waals surface area (Å²) >= 11 is 3.42. The van der Waals surface area contributed by atoms with Gasteiger partial charge in [0.1, 0.15) is 0 Å². The van der Waals surface area contributed by atoms with Crippen LogP contribution >= 0.6 is 15.9 Å². The summed E-state index contributed by atoms with van der Waals surface area (Å²) in [5.74, 6) is -1.36.